The van der Waals surface area contributed by atoms with Crippen LogP contribution in [0.15, 0.2) is 18.2 Å². The van der Waals surface area contributed by atoms with Gasteiger partial charge in [-0.05, 0) is 18.6 Å². The molecule has 0 aromatic heterocycles. The smallest absolute Gasteiger partial charge is 0.326 e. The number of aliphatic carboxylic acids is 1. The number of hydrogen-bond acceptors (Lipinski definition) is 4. The Morgan fingerprint density at radius 2 is 2.05 bits per heavy atom. The highest BCUT2D eigenvalue weighted by Gasteiger charge is 2.24. The van der Waals surface area contributed by atoms with Crippen molar-refractivity contribution in [1.29, 1.82) is 0 Å². The largest absolute Gasteiger partial charge is 0.480 e. The van der Waals surface area contributed by atoms with Gasteiger partial charge in [-0.2, -0.15) is 0 Å². The summed E-state index contributed by atoms with van der Waals surface area (Å²) in [6, 6.07) is 2.13. The number of halogens is 2. The van der Waals surface area contributed by atoms with Gasteiger partial charge >= 0.3 is 5.97 Å². The fraction of sp³-hybridized carbons (Fsp3) is 0.333. The van der Waals surface area contributed by atoms with Crippen LogP contribution in [0.25, 0.3) is 0 Å². The maximum Gasteiger partial charge on any atom is 0.326 e. The lowest BCUT2D eigenvalue weighted by atomic mass is 10.1. The number of nitrogens with one attached hydrogen (secondary N) is 1. The summed E-state index contributed by atoms with van der Waals surface area (Å²) >= 11 is 5.69. The predicted molar refractivity (Wildman–Crippen MR) is 74.6 cm³/mol. The maximum absolute atomic E-state index is 13.5. The van der Waals surface area contributed by atoms with Gasteiger partial charge in [0, 0.05) is 6.26 Å². The molecule has 0 radical (unpaired) electrons. The number of rotatable bonds is 6. The number of amides is 1. The second-order valence-corrected chi connectivity index (χ2v) is 7.05. The number of carbonyl (C=O) groups is 2. The van der Waals surface area contributed by atoms with Crippen LogP contribution in [0.3, 0.4) is 0 Å². The molecule has 2 N–H and O–H groups in total. The summed E-state index contributed by atoms with van der Waals surface area (Å²) in [4.78, 5) is 22.9. The molecule has 0 aliphatic rings. The number of sulfone groups is 1. The van der Waals surface area contributed by atoms with E-state index in [9.17, 15) is 22.4 Å². The van der Waals surface area contributed by atoms with Crippen LogP contribution in [-0.2, 0) is 14.6 Å². The number of benzene rings is 1. The highest BCUT2D eigenvalue weighted by Crippen LogP contribution is 2.19. The SMILES string of the molecule is CS(=O)(=O)CCC(NC(=O)c1c(F)cccc1Cl)C(=O)O. The molecule has 0 fully saturated rings. The first kappa shape index (κ1) is 17.4. The van der Waals surface area contributed by atoms with Crippen molar-refractivity contribution >= 4 is 33.3 Å². The van der Waals surface area contributed by atoms with Crippen molar-refractivity contribution in [2.75, 3.05) is 12.0 Å². The predicted octanol–water partition coefficient (Wildman–Crippen LogP) is 1.10. The van der Waals surface area contributed by atoms with Gasteiger partial charge in [0.25, 0.3) is 5.91 Å². The van der Waals surface area contributed by atoms with Crippen LogP contribution in [0, 0.1) is 5.82 Å². The third-order valence-corrected chi connectivity index (χ3v) is 3.86. The summed E-state index contributed by atoms with van der Waals surface area (Å²) in [5.74, 6) is -3.75. The van der Waals surface area contributed by atoms with Crippen LogP contribution in [0.2, 0.25) is 5.02 Å². The molecule has 1 rings (SSSR count). The molecule has 1 atom stereocenters. The van der Waals surface area contributed by atoms with Crippen LogP contribution in [-0.4, -0.2) is 43.5 Å². The average molecular weight is 338 g/mol. The standard InChI is InChI=1S/C12H13ClFNO5S/c1-21(19,20)6-5-9(12(17)18)15-11(16)10-7(13)3-2-4-8(10)14/h2-4,9H,5-6H2,1H3,(H,15,16)(H,17,18). The molecule has 1 aromatic rings. The Morgan fingerprint density at radius 3 is 2.52 bits per heavy atom. The summed E-state index contributed by atoms with van der Waals surface area (Å²) < 4.78 is 35.6. The van der Waals surface area contributed by atoms with E-state index in [2.05, 4.69) is 5.32 Å². The molecule has 21 heavy (non-hydrogen) atoms. The molecular formula is C12H13ClFNO5S. The highest BCUT2D eigenvalue weighted by molar-refractivity contribution is 7.90. The molecule has 6 nitrogen and oxygen atoms in total. The van der Waals surface area contributed by atoms with E-state index in [4.69, 9.17) is 16.7 Å². The average Bonchev–Trinajstić information content (AvgIpc) is 2.32. The number of carboxylic acids is 1. The molecule has 0 bridgehead atoms. The van der Waals surface area contributed by atoms with Crippen molar-refractivity contribution < 1.29 is 27.5 Å². The topological polar surface area (TPSA) is 101 Å². The summed E-state index contributed by atoms with van der Waals surface area (Å²) in [6.45, 7) is 0. The minimum absolute atomic E-state index is 0.167. The van der Waals surface area contributed by atoms with Crippen molar-refractivity contribution in [3.05, 3.63) is 34.6 Å². The van der Waals surface area contributed by atoms with Gasteiger partial charge in [-0.15, -0.1) is 0 Å². The number of hydrogen-bond donors (Lipinski definition) is 2. The van der Waals surface area contributed by atoms with Crippen LogP contribution >= 0.6 is 11.6 Å². The molecular weight excluding hydrogens is 325 g/mol. The lowest BCUT2D eigenvalue weighted by molar-refractivity contribution is -0.139. The molecule has 0 aliphatic heterocycles. The first-order chi connectivity index (χ1) is 9.61. The lowest BCUT2D eigenvalue weighted by Gasteiger charge is -2.14. The third-order valence-electron chi connectivity index (χ3n) is 2.57. The van der Waals surface area contributed by atoms with E-state index in [1.165, 1.54) is 12.1 Å². The van der Waals surface area contributed by atoms with Gasteiger partial charge in [0.2, 0.25) is 0 Å². The van der Waals surface area contributed by atoms with E-state index in [1.807, 2.05) is 0 Å². The normalized spacial score (nSPS) is 12.7. The second-order valence-electron chi connectivity index (χ2n) is 4.38. The molecule has 116 valence electrons. The van der Waals surface area contributed by atoms with Gasteiger partial charge < -0.3 is 10.4 Å². The van der Waals surface area contributed by atoms with Crippen molar-refractivity contribution in [2.45, 2.75) is 12.5 Å². The summed E-state index contributed by atoms with van der Waals surface area (Å²) in [6.07, 6.45) is 0.618. The Labute approximate surface area is 125 Å². The molecule has 0 heterocycles. The Hall–Kier alpha value is -1.67. The zero-order valence-corrected chi connectivity index (χ0v) is 12.5. The highest BCUT2D eigenvalue weighted by atomic mass is 35.5. The first-order valence-corrected chi connectivity index (χ1v) is 8.21. The van der Waals surface area contributed by atoms with Crippen LogP contribution < -0.4 is 5.32 Å². The minimum Gasteiger partial charge on any atom is -0.480 e. The van der Waals surface area contributed by atoms with Crippen molar-refractivity contribution in [2.24, 2.45) is 0 Å². The molecule has 0 spiro atoms. The Morgan fingerprint density at radius 1 is 1.43 bits per heavy atom. The zero-order valence-electron chi connectivity index (χ0n) is 11.0. The molecule has 0 saturated carbocycles. The summed E-state index contributed by atoms with van der Waals surface area (Å²) in [5, 5.41) is 10.9. The Kier molecular flexibility index (Phi) is 5.68. The molecule has 1 aromatic carbocycles. The van der Waals surface area contributed by atoms with Crippen LogP contribution in [0.1, 0.15) is 16.8 Å². The Bertz CT molecular complexity index is 641. The summed E-state index contributed by atoms with van der Waals surface area (Å²) in [5.41, 5.74) is -0.482. The number of carbonyl (C=O) groups excluding carboxylic acids is 1. The van der Waals surface area contributed by atoms with Gasteiger partial charge in [-0.25, -0.2) is 17.6 Å². The van der Waals surface area contributed by atoms with Crippen molar-refractivity contribution in [1.82, 2.24) is 5.32 Å². The molecule has 9 heteroatoms. The van der Waals surface area contributed by atoms with E-state index < -0.39 is 44.9 Å². The minimum atomic E-state index is -3.38. The van der Waals surface area contributed by atoms with Gasteiger partial charge in [-0.1, -0.05) is 17.7 Å². The van der Waals surface area contributed by atoms with E-state index in [0.717, 1.165) is 12.3 Å². The van der Waals surface area contributed by atoms with Gasteiger partial charge in [0.1, 0.15) is 21.7 Å². The molecule has 0 saturated heterocycles. The fourth-order valence-corrected chi connectivity index (χ4v) is 2.45. The summed E-state index contributed by atoms with van der Waals surface area (Å²) in [7, 11) is -3.38. The molecule has 0 aliphatic carbocycles. The third kappa shape index (κ3) is 5.31. The number of carboxylic acid groups (broad SMARTS) is 1. The van der Waals surface area contributed by atoms with E-state index in [1.54, 1.807) is 0 Å². The molecule has 1 amide bonds. The fourth-order valence-electron chi connectivity index (χ4n) is 1.53. The van der Waals surface area contributed by atoms with Crippen molar-refractivity contribution in [3.63, 3.8) is 0 Å². The quantitative estimate of drug-likeness (QED) is 0.809. The first-order valence-electron chi connectivity index (χ1n) is 5.77. The monoisotopic (exact) mass is 337 g/mol. The van der Waals surface area contributed by atoms with Gasteiger partial charge in [-0.3, -0.25) is 4.79 Å². The second kappa shape index (κ2) is 6.86. The van der Waals surface area contributed by atoms with Crippen LogP contribution in [0.4, 0.5) is 4.39 Å². The van der Waals surface area contributed by atoms with Gasteiger partial charge in [0.05, 0.1) is 16.3 Å². The lowest BCUT2D eigenvalue weighted by Crippen LogP contribution is -2.42. The van der Waals surface area contributed by atoms with Crippen molar-refractivity contribution in [3.8, 4) is 0 Å². The molecule has 1 unspecified atom stereocenters. The van der Waals surface area contributed by atoms with E-state index in [-0.39, 0.29) is 11.4 Å². The maximum atomic E-state index is 13.5. The van der Waals surface area contributed by atoms with Gasteiger partial charge in [0.15, 0.2) is 0 Å². The van der Waals surface area contributed by atoms with E-state index in [0.29, 0.717) is 0 Å². The van der Waals surface area contributed by atoms with E-state index >= 15 is 0 Å². The van der Waals surface area contributed by atoms with Crippen LogP contribution in [0.5, 0.6) is 0 Å². The zero-order chi connectivity index (χ0) is 16.2. The Balaban J connectivity index is 2.89.